The summed E-state index contributed by atoms with van der Waals surface area (Å²) in [5.41, 5.74) is 2.58. The van der Waals surface area contributed by atoms with Gasteiger partial charge in [-0.15, -0.1) is 11.3 Å². The Hall–Kier alpha value is -2.64. The molecule has 0 spiro atoms. The number of carbonyl (C=O) groups excluding carboxylic acids is 1. The quantitative estimate of drug-likeness (QED) is 0.692. The molecule has 1 unspecified atom stereocenters. The Kier molecular flexibility index (Phi) is 5.22. The van der Waals surface area contributed by atoms with Crippen LogP contribution in [0.25, 0.3) is 10.6 Å². The van der Waals surface area contributed by atoms with Crippen molar-refractivity contribution in [3.8, 4) is 10.6 Å². The number of hydrogen-bond donors (Lipinski definition) is 0. The van der Waals surface area contributed by atoms with Crippen molar-refractivity contribution >= 4 is 17.2 Å². The third-order valence-corrected chi connectivity index (χ3v) is 5.39. The Morgan fingerprint density at radius 3 is 2.93 bits per heavy atom. The molecule has 1 saturated heterocycles. The summed E-state index contributed by atoms with van der Waals surface area (Å²) in [5, 5.41) is 2.77. The zero-order valence-electron chi connectivity index (χ0n) is 14.5. The topological polar surface area (TPSA) is 55.3 Å². The van der Waals surface area contributed by atoms with E-state index in [0.717, 1.165) is 21.8 Å². The molecule has 2 aromatic heterocycles. The minimum absolute atomic E-state index is 0.0217. The highest BCUT2D eigenvalue weighted by molar-refractivity contribution is 7.13. The van der Waals surface area contributed by atoms with Crippen LogP contribution in [-0.4, -0.2) is 40.5 Å². The van der Waals surface area contributed by atoms with Crippen molar-refractivity contribution in [2.75, 3.05) is 19.7 Å². The van der Waals surface area contributed by atoms with E-state index in [1.807, 2.05) is 17.5 Å². The average molecular weight is 383 g/mol. The maximum Gasteiger partial charge on any atom is 0.228 e. The number of rotatable bonds is 4. The first-order valence-electron chi connectivity index (χ1n) is 8.69. The van der Waals surface area contributed by atoms with E-state index in [4.69, 9.17) is 4.74 Å². The number of amides is 1. The molecule has 4 rings (SSSR count). The second kappa shape index (κ2) is 7.94. The van der Waals surface area contributed by atoms with Crippen LogP contribution in [0.3, 0.4) is 0 Å². The minimum atomic E-state index is -0.282. The number of pyridine rings is 1. The third kappa shape index (κ3) is 4.20. The fourth-order valence-electron chi connectivity index (χ4n) is 3.03. The number of morpholine rings is 1. The van der Waals surface area contributed by atoms with Gasteiger partial charge in [-0.3, -0.25) is 9.78 Å². The Morgan fingerprint density at radius 2 is 2.15 bits per heavy atom. The molecule has 5 nitrogen and oxygen atoms in total. The molecular formula is C20H18FN3O2S. The molecule has 1 atom stereocenters. The smallest absolute Gasteiger partial charge is 0.228 e. The number of thiazole rings is 1. The molecular weight excluding hydrogens is 365 g/mol. The van der Waals surface area contributed by atoms with Crippen LogP contribution in [0.1, 0.15) is 17.4 Å². The number of hydrogen-bond acceptors (Lipinski definition) is 5. The molecule has 0 bridgehead atoms. The highest BCUT2D eigenvalue weighted by Gasteiger charge is 2.26. The summed E-state index contributed by atoms with van der Waals surface area (Å²) in [6.45, 7) is 1.48. The van der Waals surface area contributed by atoms with E-state index in [-0.39, 0.29) is 24.2 Å². The van der Waals surface area contributed by atoms with Gasteiger partial charge in [0.15, 0.2) is 0 Å². The maximum atomic E-state index is 13.1. The lowest BCUT2D eigenvalue weighted by atomic mass is 10.1. The number of carbonyl (C=O) groups is 1. The van der Waals surface area contributed by atoms with Crippen molar-refractivity contribution in [2.45, 2.75) is 12.5 Å². The van der Waals surface area contributed by atoms with E-state index in [1.54, 1.807) is 29.4 Å². The van der Waals surface area contributed by atoms with Gasteiger partial charge in [0.2, 0.25) is 5.91 Å². The van der Waals surface area contributed by atoms with E-state index in [9.17, 15) is 9.18 Å². The van der Waals surface area contributed by atoms with Gasteiger partial charge in [0.25, 0.3) is 0 Å². The van der Waals surface area contributed by atoms with E-state index >= 15 is 0 Å². The van der Waals surface area contributed by atoms with Gasteiger partial charge in [-0.25, -0.2) is 9.37 Å². The van der Waals surface area contributed by atoms with Crippen LogP contribution in [-0.2, 0) is 16.0 Å². The molecule has 0 N–H and O–H groups in total. The number of aromatic nitrogens is 2. The molecule has 0 aliphatic carbocycles. The fraction of sp³-hybridized carbons (Fsp3) is 0.250. The van der Waals surface area contributed by atoms with Crippen molar-refractivity contribution < 1.29 is 13.9 Å². The molecule has 27 heavy (non-hydrogen) atoms. The van der Waals surface area contributed by atoms with E-state index in [0.29, 0.717) is 19.7 Å². The molecule has 138 valence electrons. The summed E-state index contributed by atoms with van der Waals surface area (Å²) in [6, 6.07) is 10.0. The highest BCUT2D eigenvalue weighted by atomic mass is 32.1. The number of nitrogens with zero attached hydrogens (tertiary/aromatic N) is 3. The first kappa shape index (κ1) is 17.8. The van der Waals surface area contributed by atoms with Crippen molar-refractivity contribution in [1.82, 2.24) is 14.9 Å². The van der Waals surface area contributed by atoms with Gasteiger partial charge in [-0.2, -0.15) is 0 Å². The van der Waals surface area contributed by atoms with Crippen LogP contribution in [0.5, 0.6) is 0 Å². The molecule has 7 heteroatoms. The van der Waals surface area contributed by atoms with Crippen LogP contribution in [0, 0.1) is 5.82 Å². The summed E-state index contributed by atoms with van der Waals surface area (Å²) in [7, 11) is 0. The Bertz CT molecular complexity index is 914. The van der Waals surface area contributed by atoms with Gasteiger partial charge in [0, 0.05) is 29.9 Å². The van der Waals surface area contributed by atoms with Gasteiger partial charge < -0.3 is 9.64 Å². The van der Waals surface area contributed by atoms with Crippen LogP contribution >= 0.6 is 11.3 Å². The predicted octanol–water partition coefficient (Wildman–Crippen LogP) is 3.49. The molecule has 3 aromatic rings. The highest BCUT2D eigenvalue weighted by Crippen LogP contribution is 2.25. The SMILES string of the molecule is O=C(Cc1csc(-c2cccnc2)n1)N1CCOC(c2ccc(F)cc2)C1. The lowest BCUT2D eigenvalue weighted by Gasteiger charge is -2.33. The van der Waals surface area contributed by atoms with Crippen molar-refractivity contribution in [1.29, 1.82) is 0 Å². The fourth-order valence-corrected chi connectivity index (χ4v) is 3.84. The van der Waals surface area contributed by atoms with E-state index < -0.39 is 0 Å². The van der Waals surface area contributed by atoms with Crippen LogP contribution in [0.15, 0.2) is 54.2 Å². The Balaban J connectivity index is 1.41. The summed E-state index contributed by atoms with van der Waals surface area (Å²) < 4.78 is 18.9. The van der Waals surface area contributed by atoms with Crippen molar-refractivity contribution in [3.63, 3.8) is 0 Å². The summed E-state index contributed by atoms with van der Waals surface area (Å²) in [6.07, 6.45) is 3.51. The second-order valence-electron chi connectivity index (χ2n) is 6.31. The maximum absolute atomic E-state index is 13.1. The summed E-state index contributed by atoms with van der Waals surface area (Å²) >= 11 is 1.51. The molecule has 0 saturated carbocycles. The van der Waals surface area contributed by atoms with Crippen LogP contribution in [0.4, 0.5) is 4.39 Å². The standard InChI is InChI=1S/C20H18FN3O2S/c21-16-5-3-14(4-6-16)18-12-24(8-9-26-18)19(25)10-17-13-27-20(23-17)15-2-1-7-22-11-15/h1-7,11,13,18H,8-10,12H2. The first-order valence-corrected chi connectivity index (χ1v) is 9.56. The number of ether oxygens (including phenoxy) is 1. The third-order valence-electron chi connectivity index (χ3n) is 4.45. The number of halogens is 1. The normalized spacial score (nSPS) is 17.1. The monoisotopic (exact) mass is 383 g/mol. The predicted molar refractivity (Wildman–Crippen MR) is 101 cm³/mol. The molecule has 1 aromatic carbocycles. The number of benzene rings is 1. The molecule has 1 fully saturated rings. The summed E-state index contributed by atoms with van der Waals surface area (Å²) in [5.74, 6) is -0.260. The molecule has 1 amide bonds. The minimum Gasteiger partial charge on any atom is -0.370 e. The van der Waals surface area contributed by atoms with Crippen molar-refractivity contribution in [2.24, 2.45) is 0 Å². The van der Waals surface area contributed by atoms with Gasteiger partial charge in [0.1, 0.15) is 16.9 Å². The second-order valence-corrected chi connectivity index (χ2v) is 7.17. The zero-order valence-corrected chi connectivity index (χ0v) is 15.4. The lowest BCUT2D eigenvalue weighted by molar-refractivity contribution is -0.138. The largest absolute Gasteiger partial charge is 0.370 e. The first-order chi connectivity index (χ1) is 13.2. The van der Waals surface area contributed by atoms with E-state index in [2.05, 4.69) is 9.97 Å². The lowest BCUT2D eigenvalue weighted by Crippen LogP contribution is -2.43. The zero-order chi connectivity index (χ0) is 18.6. The molecule has 0 radical (unpaired) electrons. The van der Waals surface area contributed by atoms with Crippen LogP contribution in [0.2, 0.25) is 0 Å². The average Bonchev–Trinajstić information content (AvgIpc) is 3.18. The van der Waals surface area contributed by atoms with Crippen LogP contribution < -0.4 is 0 Å². The van der Waals surface area contributed by atoms with E-state index in [1.165, 1.54) is 23.5 Å². The summed E-state index contributed by atoms with van der Waals surface area (Å²) in [4.78, 5) is 23.2. The Labute approximate surface area is 160 Å². The van der Waals surface area contributed by atoms with Gasteiger partial charge in [-0.05, 0) is 29.8 Å². The molecule has 1 aliphatic rings. The van der Waals surface area contributed by atoms with Gasteiger partial charge in [-0.1, -0.05) is 12.1 Å². The van der Waals surface area contributed by atoms with Crippen molar-refractivity contribution in [3.05, 3.63) is 71.2 Å². The van der Waals surface area contributed by atoms with Gasteiger partial charge >= 0.3 is 0 Å². The molecule has 1 aliphatic heterocycles. The Morgan fingerprint density at radius 1 is 1.30 bits per heavy atom. The van der Waals surface area contributed by atoms with Gasteiger partial charge in [0.05, 0.1) is 25.3 Å². The molecule has 3 heterocycles.